The van der Waals surface area contributed by atoms with Crippen LogP contribution in [0, 0.1) is 12.7 Å². The van der Waals surface area contributed by atoms with Crippen molar-refractivity contribution in [1.29, 1.82) is 0 Å². The van der Waals surface area contributed by atoms with Gasteiger partial charge in [0.05, 0.1) is 5.69 Å². The zero-order chi connectivity index (χ0) is 15.6. The first-order valence-electron chi connectivity index (χ1n) is 6.88. The third kappa shape index (κ3) is 3.67. The smallest absolute Gasteiger partial charge is 0.263 e. The fraction of sp³-hybridized carbons (Fsp3) is 0.375. The highest BCUT2D eigenvalue weighted by Crippen LogP contribution is 2.28. The summed E-state index contributed by atoms with van der Waals surface area (Å²) in [6, 6.07) is 6.13. The molecule has 0 radical (unpaired) electrons. The number of amides is 1. The van der Waals surface area contributed by atoms with E-state index in [2.05, 4.69) is 10.3 Å². The summed E-state index contributed by atoms with van der Waals surface area (Å²) in [5.41, 5.74) is 1.27. The standard InChI is InChI=1S/C16H19FN2OS/c1-5-16(3,4)19-14(20)13-10(2)18-15(21-13)11-6-8-12(17)9-7-11/h6-9H,5H2,1-4H3,(H,19,20). The minimum atomic E-state index is -0.283. The molecule has 0 aliphatic heterocycles. The number of hydrogen-bond donors (Lipinski definition) is 1. The van der Waals surface area contributed by atoms with Crippen LogP contribution < -0.4 is 5.32 Å². The minimum Gasteiger partial charge on any atom is -0.346 e. The van der Waals surface area contributed by atoms with E-state index in [1.54, 1.807) is 12.1 Å². The molecule has 112 valence electrons. The number of aryl methyl sites for hydroxylation is 1. The molecule has 0 aliphatic carbocycles. The Morgan fingerprint density at radius 2 is 1.95 bits per heavy atom. The number of carbonyl (C=O) groups is 1. The summed E-state index contributed by atoms with van der Waals surface area (Å²) in [6.45, 7) is 7.82. The van der Waals surface area contributed by atoms with Crippen molar-refractivity contribution in [2.24, 2.45) is 0 Å². The van der Waals surface area contributed by atoms with Crippen molar-refractivity contribution in [2.45, 2.75) is 39.7 Å². The predicted molar refractivity (Wildman–Crippen MR) is 84.1 cm³/mol. The Hall–Kier alpha value is -1.75. The summed E-state index contributed by atoms with van der Waals surface area (Å²) in [5.74, 6) is -0.389. The Bertz CT molecular complexity index is 647. The molecular weight excluding hydrogens is 287 g/mol. The first-order valence-corrected chi connectivity index (χ1v) is 7.70. The van der Waals surface area contributed by atoms with Gasteiger partial charge in [0.1, 0.15) is 15.7 Å². The second kappa shape index (κ2) is 5.93. The molecule has 0 aliphatic rings. The Labute approximate surface area is 128 Å². The van der Waals surface area contributed by atoms with E-state index < -0.39 is 0 Å². The molecule has 1 aromatic heterocycles. The van der Waals surface area contributed by atoms with Crippen molar-refractivity contribution in [1.82, 2.24) is 10.3 Å². The molecule has 0 saturated carbocycles. The molecule has 0 spiro atoms. The zero-order valence-corrected chi connectivity index (χ0v) is 13.5. The molecule has 5 heteroatoms. The van der Waals surface area contributed by atoms with Gasteiger partial charge in [-0.1, -0.05) is 6.92 Å². The fourth-order valence-corrected chi connectivity index (χ4v) is 2.74. The van der Waals surface area contributed by atoms with E-state index in [-0.39, 0.29) is 17.3 Å². The number of aromatic nitrogens is 1. The molecule has 0 saturated heterocycles. The lowest BCUT2D eigenvalue weighted by Gasteiger charge is -2.24. The quantitative estimate of drug-likeness (QED) is 0.921. The van der Waals surface area contributed by atoms with Crippen LogP contribution in [0.2, 0.25) is 0 Å². The van der Waals surface area contributed by atoms with Crippen LogP contribution in [0.1, 0.15) is 42.6 Å². The van der Waals surface area contributed by atoms with Crippen LogP contribution in [-0.2, 0) is 0 Å². The summed E-state index contributed by atoms with van der Waals surface area (Å²) in [6.07, 6.45) is 0.849. The lowest BCUT2D eigenvalue weighted by molar-refractivity contribution is 0.0914. The van der Waals surface area contributed by atoms with Crippen molar-refractivity contribution in [3.8, 4) is 10.6 Å². The Morgan fingerprint density at radius 1 is 1.33 bits per heavy atom. The molecule has 2 rings (SSSR count). The topological polar surface area (TPSA) is 42.0 Å². The molecule has 0 unspecified atom stereocenters. The van der Waals surface area contributed by atoms with Gasteiger partial charge < -0.3 is 5.32 Å². The molecule has 1 N–H and O–H groups in total. The number of carbonyl (C=O) groups excluding carboxylic acids is 1. The normalized spacial score (nSPS) is 11.5. The lowest BCUT2D eigenvalue weighted by atomic mass is 10.0. The van der Waals surface area contributed by atoms with E-state index in [1.807, 2.05) is 27.7 Å². The third-order valence-electron chi connectivity index (χ3n) is 3.43. The molecule has 1 heterocycles. The highest BCUT2D eigenvalue weighted by molar-refractivity contribution is 7.17. The lowest BCUT2D eigenvalue weighted by Crippen LogP contribution is -2.42. The number of hydrogen-bond acceptors (Lipinski definition) is 3. The molecule has 3 nitrogen and oxygen atoms in total. The number of rotatable bonds is 4. The molecule has 1 amide bonds. The summed E-state index contributed by atoms with van der Waals surface area (Å²) >= 11 is 1.33. The van der Waals surface area contributed by atoms with Gasteiger partial charge in [-0.2, -0.15) is 0 Å². The first-order chi connectivity index (χ1) is 9.82. The van der Waals surface area contributed by atoms with Crippen molar-refractivity contribution >= 4 is 17.2 Å². The Kier molecular flexibility index (Phi) is 4.42. The predicted octanol–water partition coefficient (Wildman–Crippen LogP) is 4.18. The second-order valence-corrected chi connectivity index (χ2v) is 6.63. The summed E-state index contributed by atoms with van der Waals surface area (Å²) in [7, 11) is 0. The van der Waals surface area contributed by atoms with Gasteiger partial charge in [-0.3, -0.25) is 4.79 Å². The summed E-state index contributed by atoms with van der Waals surface area (Å²) in [4.78, 5) is 17.4. The minimum absolute atomic E-state index is 0.106. The van der Waals surface area contributed by atoms with Crippen LogP contribution in [0.5, 0.6) is 0 Å². The van der Waals surface area contributed by atoms with E-state index in [9.17, 15) is 9.18 Å². The van der Waals surface area contributed by atoms with E-state index in [1.165, 1.54) is 23.5 Å². The number of halogens is 1. The van der Waals surface area contributed by atoms with Gasteiger partial charge >= 0.3 is 0 Å². The van der Waals surface area contributed by atoms with Gasteiger partial charge in [0, 0.05) is 11.1 Å². The molecule has 2 aromatic rings. The van der Waals surface area contributed by atoms with E-state index >= 15 is 0 Å². The van der Waals surface area contributed by atoms with Gasteiger partial charge in [-0.25, -0.2) is 9.37 Å². The Morgan fingerprint density at radius 3 is 2.52 bits per heavy atom. The van der Waals surface area contributed by atoms with Crippen LogP contribution in [0.3, 0.4) is 0 Å². The maximum absolute atomic E-state index is 13.0. The average molecular weight is 306 g/mol. The first kappa shape index (κ1) is 15.6. The molecular formula is C16H19FN2OS. The number of nitrogens with one attached hydrogen (secondary N) is 1. The van der Waals surface area contributed by atoms with Crippen LogP contribution in [-0.4, -0.2) is 16.4 Å². The van der Waals surface area contributed by atoms with Crippen molar-refractivity contribution < 1.29 is 9.18 Å². The molecule has 0 atom stereocenters. The maximum Gasteiger partial charge on any atom is 0.263 e. The van der Waals surface area contributed by atoms with E-state index in [0.29, 0.717) is 10.6 Å². The maximum atomic E-state index is 13.0. The SMILES string of the molecule is CCC(C)(C)NC(=O)c1sc(-c2ccc(F)cc2)nc1C. The van der Waals surface area contributed by atoms with Crippen molar-refractivity contribution in [3.05, 3.63) is 40.7 Å². The summed E-state index contributed by atoms with van der Waals surface area (Å²) in [5, 5.41) is 3.74. The van der Waals surface area contributed by atoms with Crippen LogP contribution >= 0.6 is 11.3 Å². The second-order valence-electron chi connectivity index (χ2n) is 5.63. The monoisotopic (exact) mass is 306 g/mol. The van der Waals surface area contributed by atoms with E-state index in [0.717, 1.165) is 17.0 Å². The van der Waals surface area contributed by atoms with Crippen LogP contribution in [0.4, 0.5) is 4.39 Å². The van der Waals surface area contributed by atoms with E-state index in [4.69, 9.17) is 0 Å². The van der Waals surface area contributed by atoms with Crippen LogP contribution in [0.25, 0.3) is 10.6 Å². The van der Waals surface area contributed by atoms with Gasteiger partial charge in [0.25, 0.3) is 5.91 Å². The highest BCUT2D eigenvalue weighted by atomic mass is 32.1. The summed E-state index contributed by atoms with van der Waals surface area (Å²) < 4.78 is 13.0. The molecule has 0 fully saturated rings. The van der Waals surface area contributed by atoms with Crippen molar-refractivity contribution in [3.63, 3.8) is 0 Å². The number of thiazole rings is 1. The van der Waals surface area contributed by atoms with Gasteiger partial charge in [0.15, 0.2) is 0 Å². The Balaban J connectivity index is 2.27. The molecule has 21 heavy (non-hydrogen) atoms. The third-order valence-corrected chi connectivity index (χ3v) is 4.64. The van der Waals surface area contributed by atoms with Crippen LogP contribution in [0.15, 0.2) is 24.3 Å². The number of nitrogens with zero attached hydrogens (tertiary/aromatic N) is 1. The van der Waals surface area contributed by atoms with Gasteiger partial charge in [-0.05, 0) is 51.5 Å². The largest absolute Gasteiger partial charge is 0.346 e. The van der Waals surface area contributed by atoms with Crippen molar-refractivity contribution in [2.75, 3.05) is 0 Å². The highest BCUT2D eigenvalue weighted by Gasteiger charge is 2.22. The molecule has 0 bridgehead atoms. The zero-order valence-electron chi connectivity index (χ0n) is 12.7. The van der Waals surface area contributed by atoms with Gasteiger partial charge in [0.2, 0.25) is 0 Å². The fourth-order valence-electron chi connectivity index (χ4n) is 1.78. The molecule has 1 aromatic carbocycles. The van der Waals surface area contributed by atoms with Gasteiger partial charge in [-0.15, -0.1) is 11.3 Å². The average Bonchev–Trinajstić information content (AvgIpc) is 2.81. The number of benzene rings is 1.